The highest BCUT2D eigenvalue weighted by atomic mass is 32.2. The third kappa shape index (κ3) is 3.29. The van der Waals surface area contributed by atoms with Crippen LogP contribution in [0.1, 0.15) is 13.8 Å². The van der Waals surface area contributed by atoms with Crippen molar-refractivity contribution in [1.29, 1.82) is 0 Å². The van der Waals surface area contributed by atoms with Crippen molar-refractivity contribution >= 4 is 27.7 Å². The van der Waals surface area contributed by atoms with E-state index >= 15 is 0 Å². The standard InChI is InChI=1S/C11H13N3O6S2/c1-7-8(2)21-13(11(7)20-17)12-22(18,19)10-5-3-4-9(6-10)14(15)16/h3-6,11-12,17H,1-2H3. The van der Waals surface area contributed by atoms with Gasteiger partial charge in [0.1, 0.15) is 0 Å². The van der Waals surface area contributed by atoms with Gasteiger partial charge in [-0.25, -0.2) is 18.6 Å². The molecule has 22 heavy (non-hydrogen) atoms. The molecule has 1 heterocycles. The molecule has 0 amide bonds. The van der Waals surface area contributed by atoms with Crippen LogP contribution in [0.2, 0.25) is 0 Å². The van der Waals surface area contributed by atoms with Gasteiger partial charge in [-0.15, -0.1) is 9.25 Å². The minimum absolute atomic E-state index is 0.263. The first-order chi connectivity index (χ1) is 10.3. The molecule has 0 aromatic heterocycles. The van der Waals surface area contributed by atoms with Crippen LogP contribution in [-0.4, -0.2) is 29.2 Å². The number of hydrazine groups is 1. The number of nitrogens with zero attached hydrogens (tertiary/aromatic N) is 2. The topological polar surface area (TPSA) is 122 Å². The summed E-state index contributed by atoms with van der Waals surface area (Å²) in [7, 11) is -4.06. The molecule has 2 rings (SSSR count). The van der Waals surface area contributed by atoms with Crippen molar-refractivity contribution in [2.75, 3.05) is 0 Å². The second-order valence-corrected chi connectivity index (χ2v) is 7.31. The van der Waals surface area contributed by atoms with Crippen LogP contribution in [0.4, 0.5) is 5.69 Å². The van der Waals surface area contributed by atoms with Crippen molar-refractivity contribution in [2.45, 2.75) is 25.0 Å². The van der Waals surface area contributed by atoms with Crippen LogP contribution in [0.3, 0.4) is 0 Å². The maximum Gasteiger partial charge on any atom is 0.270 e. The lowest BCUT2D eigenvalue weighted by Crippen LogP contribution is -2.43. The largest absolute Gasteiger partial charge is 0.270 e. The Bertz CT molecular complexity index is 733. The maximum absolute atomic E-state index is 12.3. The molecule has 1 aliphatic rings. The fourth-order valence-corrected chi connectivity index (χ4v) is 3.99. The van der Waals surface area contributed by atoms with E-state index in [9.17, 15) is 18.5 Å². The monoisotopic (exact) mass is 347 g/mol. The Morgan fingerprint density at radius 2 is 2.14 bits per heavy atom. The van der Waals surface area contributed by atoms with E-state index in [1.165, 1.54) is 18.2 Å². The molecular weight excluding hydrogens is 334 g/mol. The molecule has 1 aromatic rings. The lowest BCUT2D eigenvalue weighted by molar-refractivity contribution is -0.385. The number of hydrogen-bond acceptors (Lipinski definition) is 8. The quantitative estimate of drug-likeness (QED) is 0.358. The first-order valence-corrected chi connectivity index (χ1v) is 8.23. The zero-order valence-electron chi connectivity index (χ0n) is 11.6. The molecule has 1 atom stereocenters. The normalized spacial score (nSPS) is 19.7. The van der Waals surface area contributed by atoms with Gasteiger partial charge in [-0.3, -0.25) is 10.1 Å². The van der Waals surface area contributed by atoms with Crippen molar-refractivity contribution in [3.63, 3.8) is 0 Å². The highest BCUT2D eigenvalue weighted by Crippen LogP contribution is 2.36. The summed E-state index contributed by atoms with van der Waals surface area (Å²) in [6, 6.07) is 4.65. The Hall–Kier alpha value is -1.50. The van der Waals surface area contributed by atoms with E-state index in [0.717, 1.165) is 27.3 Å². The first-order valence-electron chi connectivity index (χ1n) is 5.98. The fraction of sp³-hybridized carbons (Fsp3) is 0.273. The molecule has 0 spiro atoms. The van der Waals surface area contributed by atoms with E-state index in [2.05, 4.69) is 9.72 Å². The van der Waals surface area contributed by atoms with Crippen LogP contribution < -0.4 is 4.83 Å². The molecule has 0 radical (unpaired) electrons. The van der Waals surface area contributed by atoms with Crippen molar-refractivity contribution < 1.29 is 23.5 Å². The Labute approximate surface area is 130 Å². The summed E-state index contributed by atoms with van der Waals surface area (Å²) < 4.78 is 25.7. The first kappa shape index (κ1) is 16.9. The van der Waals surface area contributed by atoms with E-state index in [-0.39, 0.29) is 10.6 Å². The van der Waals surface area contributed by atoms with Gasteiger partial charge < -0.3 is 0 Å². The second-order valence-electron chi connectivity index (χ2n) is 4.46. The van der Waals surface area contributed by atoms with Gasteiger partial charge in [0.15, 0.2) is 6.23 Å². The summed E-state index contributed by atoms with van der Waals surface area (Å²) in [5.74, 6) is 0. The molecule has 1 aromatic carbocycles. The second kappa shape index (κ2) is 6.32. The van der Waals surface area contributed by atoms with Gasteiger partial charge in [0, 0.05) is 17.0 Å². The van der Waals surface area contributed by atoms with Crippen molar-refractivity contribution in [1.82, 2.24) is 9.25 Å². The third-order valence-corrected chi connectivity index (χ3v) is 5.53. The SMILES string of the molecule is CC1=C(C)C(OO)N(NS(=O)(=O)c2cccc([N+](=O)[O-])c2)S1. The minimum Gasteiger partial charge on any atom is -0.258 e. The molecule has 0 aliphatic carbocycles. The van der Waals surface area contributed by atoms with Crippen LogP contribution in [0.25, 0.3) is 0 Å². The third-order valence-electron chi connectivity index (χ3n) is 3.02. The zero-order chi connectivity index (χ0) is 16.5. The van der Waals surface area contributed by atoms with E-state index in [4.69, 9.17) is 5.26 Å². The number of non-ortho nitro benzene ring substituents is 1. The Morgan fingerprint density at radius 1 is 1.45 bits per heavy atom. The number of nitro benzene ring substituents is 1. The smallest absolute Gasteiger partial charge is 0.258 e. The number of allylic oxidation sites excluding steroid dienone is 1. The summed E-state index contributed by atoms with van der Waals surface area (Å²) in [5, 5.41) is 19.6. The fourth-order valence-electron chi connectivity index (χ4n) is 1.74. The lowest BCUT2D eigenvalue weighted by atomic mass is 10.2. The summed E-state index contributed by atoms with van der Waals surface area (Å²) in [6.07, 6.45) is -0.974. The predicted molar refractivity (Wildman–Crippen MR) is 78.7 cm³/mol. The predicted octanol–water partition coefficient (Wildman–Crippen LogP) is 1.86. The molecular formula is C11H13N3O6S2. The summed E-state index contributed by atoms with van der Waals surface area (Å²) >= 11 is 1.04. The summed E-state index contributed by atoms with van der Waals surface area (Å²) in [4.78, 5) is 17.0. The summed E-state index contributed by atoms with van der Waals surface area (Å²) in [5.41, 5.74) is 0.312. The average molecular weight is 347 g/mol. The minimum atomic E-state index is -4.06. The van der Waals surface area contributed by atoms with Crippen molar-refractivity contribution in [3.8, 4) is 0 Å². The van der Waals surface area contributed by atoms with Crippen LogP contribution in [-0.2, 0) is 14.9 Å². The van der Waals surface area contributed by atoms with Gasteiger partial charge in [0.2, 0.25) is 0 Å². The molecule has 1 unspecified atom stereocenters. The van der Waals surface area contributed by atoms with E-state index in [0.29, 0.717) is 5.57 Å². The Morgan fingerprint density at radius 3 is 2.73 bits per heavy atom. The molecule has 0 bridgehead atoms. The zero-order valence-corrected chi connectivity index (χ0v) is 13.2. The van der Waals surface area contributed by atoms with E-state index in [1.54, 1.807) is 13.8 Å². The lowest BCUT2D eigenvalue weighted by Gasteiger charge is -2.21. The van der Waals surface area contributed by atoms with Crippen LogP contribution in [0.15, 0.2) is 39.6 Å². The van der Waals surface area contributed by atoms with E-state index < -0.39 is 21.2 Å². The summed E-state index contributed by atoms with van der Waals surface area (Å²) in [6.45, 7) is 3.43. The van der Waals surface area contributed by atoms with Gasteiger partial charge in [-0.05, 0) is 37.4 Å². The van der Waals surface area contributed by atoms with Crippen molar-refractivity contribution in [3.05, 3.63) is 44.9 Å². The molecule has 9 nitrogen and oxygen atoms in total. The van der Waals surface area contributed by atoms with E-state index in [1.807, 2.05) is 0 Å². The number of sulfonamides is 1. The highest BCUT2D eigenvalue weighted by molar-refractivity contribution is 8.01. The number of rotatable bonds is 5. The molecule has 1 aliphatic heterocycles. The Kier molecular flexibility index (Phi) is 4.84. The van der Waals surface area contributed by atoms with Crippen LogP contribution >= 0.6 is 11.9 Å². The number of nitrogens with one attached hydrogen (secondary N) is 1. The van der Waals surface area contributed by atoms with Gasteiger partial charge in [-0.1, -0.05) is 6.07 Å². The molecule has 2 N–H and O–H groups in total. The highest BCUT2D eigenvalue weighted by Gasteiger charge is 2.34. The average Bonchev–Trinajstić information content (AvgIpc) is 2.72. The molecule has 0 fully saturated rings. The maximum atomic E-state index is 12.3. The van der Waals surface area contributed by atoms with Gasteiger partial charge in [-0.2, -0.15) is 0 Å². The van der Waals surface area contributed by atoms with Gasteiger partial charge in [0.25, 0.3) is 15.7 Å². The number of benzene rings is 1. The molecule has 0 saturated carbocycles. The van der Waals surface area contributed by atoms with Gasteiger partial charge in [0.05, 0.1) is 9.82 Å². The Balaban J connectivity index is 2.26. The number of hydrogen-bond donors (Lipinski definition) is 2. The van der Waals surface area contributed by atoms with Crippen molar-refractivity contribution in [2.24, 2.45) is 0 Å². The molecule has 11 heteroatoms. The van der Waals surface area contributed by atoms with Gasteiger partial charge >= 0.3 is 0 Å². The molecule has 120 valence electrons. The molecule has 0 saturated heterocycles. The number of nitro groups is 1. The van der Waals surface area contributed by atoms with Crippen LogP contribution in [0, 0.1) is 10.1 Å². The van der Waals surface area contributed by atoms with Crippen LogP contribution in [0.5, 0.6) is 0 Å².